The van der Waals surface area contributed by atoms with Crippen molar-refractivity contribution in [2.24, 2.45) is 5.41 Å². The van der Waals surface area contributed by atoms with Crippen LogP contribution in [0.3, 0.4) is 0 Å². The Hall–Kier alpha value is -0.410. The van der Waals surface area contributed by atoms with Gasteiger partial charge in [0.25, 0.3) is 0 Å². The molecule has 0 aliphatic rings. The maximum atomic E-state index is 11.1. The Balaban J connectivity index is 4.25. The van der Waals surface area contributed by atoms with Crippen molar-refractivity contribution in [2.75, 3.05) is 26.2 Å². The van der Waals surface area contributed by atoms with Gasteiger partial charge < -0.3 is 14.8 Å². The molecule has 0 aromatic heterocycles. The van der Waals surface area contributed by atoms with Crippen molar-refractivity contribution in [2.45, 2.75) is 40.0 Å². The first-order chi connectivity index (χ1) is 7.11. The van der Waals surface area contributed by atoms with Gasteiger partial charge in [0.2, 0.25) is 0 Å². The highest BCUT2D eigenvalue weighted by Crippen LogP contribution is 2.21. The summed E-state index contributed by atoms with van der Waals surface area (Å²) < 4.78 is 0. The van der Waals surface area contributed by atoms with Crippen molar-refractivity contribution >= 4 is 6.29 Å². The van der Waals surface area contributed by atoms with Crippen molar-refractivity contribution in [3.63, 3.8) is 0 Å². The van der Waals surface area contributed by atoms with Crippen LogP contribution in [0.1, 0.15) is 40.0 Å². The summed E-state index contributed by atoms with van der Waals surface area (Å²) in [7, 11) is 0. The summed E-state index contributed by atoms with van der Waals surface area (Å²) in [5.41, 5.74) is -0.251. The third-order valence-electron chi connectivity index (χ3n) is 2.65. The van der Waals surface area contributed by atoms with E-state index in [1.165, 1.54) is 0 Å². The Morgan fingerprint density at radius 2 is 1.93 bits per heavy atom. The lowest BCUT2D eigenvalue weighted by Crippen LogP contribution is -2.39. The molecule has 0 fully saturated rings. The highest BCUT2D eigenvalue weighted by molar-refractivity contribution is 5.58. The molecule has 0 heterocycles. The van der Waals surface area contributed by atoms with Crippen LogP contribution < -0.4 is 0 Å². The van der Waals surface area contributed by atoms with Crippen LogP contribution in [0.2, 0.25) is 0 Å². The average Bonchev–Trinajstić information content (AvgIpc) is 2.19. The molecule has 1 N–H and O–H groups in total. The fraction of sp³-hybridized carbons (Fsp3) is 0.917. The molecule has 3 nitrogen and oxygen atoms in total. The second-order valence-corrected chi connectivity index (χ2v) is 4.52. The van der Waals surface area contributed by atoms with Gasteiger partial charge in [-0.1, -0.05) is 27.2 Å². The van der Waals surface area contributed by atoms with E-state index in [1.807, 2.05) is 6.92 Å². The fourth-order valence-corrected chi connectivity index (χ4v) is 1.98. The van der Waals surface area contributed by atoms with E-state index in [0.717, 1.165) is 38.6 Å². The number of nitrogens with zero attached hydrogens (tertiary/aromatic N) is 1. The molecule has 0 rings (SSSR count). The van der Waals surface area contributed by atoms with Crippen molar-refractivity contribution in [3.05, 3.63) is 0 Å². The van der Waals surface area contributed by atoms with Gasteiger partial charge in [0.1, 0.15) is 6.29 Å². The Bertz CT molecular complexity index is 167. The number of rotatable bonds is 9. The molecule has 1 unspecified atom stereocenters. The first kappa shape index (κ1) is 14.6. The summed E-state index contributed by atoms with van der Waals surface area (Å²) in [6.45, 7) is 8.76. The molecular weight excluding hydrogens is 190 g/mol. The summed E-state index contributed by atoms with van der Waals surface area (Å²) >= 11 is 0. The van der Waals surface area contributed by atoms with Gasteiger partial charge >= 0.3 is 0 Å². The van der Waals surface area contributed by atoms with Gasteiger partial charge in [-0.25, -0.2) is 0 Å². The van der Waals surface area contributed by atoms with Gasteiger partial charge in [-0.15, -0.1) is 0 Å². The summed E-state index contributed by atoms with van der Waals surface area (Å²) in [4.78, 5) is 13.2. The van der Waals surface area contributed by atoms with Crippen molar-refractivity contribution in [1.82, 2.24) is 4.90 Å². The lowest BCUT2D eigenvalue weighted by atomic mass is 9.86. The Kier molecular flexibility index (Phi) is 7.61. The first-order valence-corrected chi connectivity index (χ1v) is 5.91. The molecular formula is C12H25NO2. The van der Waals surface area contributed by atoms with Gasteiger partial charge in [0, 0.05) is 18.5 Å². The molecule has 0 aromatic rings. The molecule has 0 bridgehead atoms. The van der Waals surface area contributed by atoms with E-state index < -0.39 is 0 Å². The maximum Gasteiger partial charge on any atom is 0.127 e. The van der Waals surface area contributed by atoms with Crippen LogP contribution in [0.15, 0.2) is 0 Å². The molecule has 1 atom stereocenters. The number of aliphatic hydroxyl groups excluding tert-OH is 1. The molecule has 0 saturated heterocycles. The van der Waals surface area contributed by atoms with Crippen LogP contribution in [-0.4, -0.2) is 42.5 Å². The number of hydrogen-bond acceptors (Lipinski definition) is 3. The Morgan fingerprint density at radius 1 is 1.27 bits per heavy atom. The molecule has 90 valence electrons. The predicted molar refractivity (Wildman–Crippen MR) is 62.9 cm³/mol. The molecule has 0 radical (unpaired) electrons. The minimum atomic E-state index is -0.251. The highest BCUT2D eigenvalue weighted by atomic mass is 16.3. The number of carbonyl (C=O) groups is 1. The molecule has 0 aliphatic heterocycles. The quantitative estimate of drug-likeness (QED) is 0.595. The van der Waals surface area contributed by atoms with E-state index in [-0.39, 0.29) is 12.0 Å². The topological polar surface area (TPSA) is 40.5 Å². The molecule has 15 heavy (non-hydrogen) atoms. The van der Waals surface area contributed by atoms with Gasteiger partial charge in [0.15, 0.2) is 0 Å². The zero-order chi connectivity index (χ0) is 11.7. The lowest BCUT2D eigenvalue weighted by molar-refractivity contribution is -0.116. The van der Waals surface area contributed by atoms with Crippen LogP contribution in [0.25, 0.3) is 0 Å². The largest absolute Gasteiger partial charge is 0.395 e. The van der Waals surface area contributed by atoms with Crippen molar-refractivity contribution < 1.29 is 9.90 Å². The van der Waals surface area contributed by atoms with E-state index in [1.54, 1.807) is 0 Å². The molecule has 0 amide bonds. The second-order valence-electron chi connectivity index (χ2n) is 4.52. The number of aliphatic hydroxyl groups is 1. The smallest absolute Gasteiger partial charge is 0.127 e. The maximum absolute atomic E-state index is 11.1. The Labute approximate surface area is 93.5 Å². The SMILES string of the molecule is CCCN(CCO)CC(C)(C=O)CCC. The zero-order valence-electron chi connectivity index (χ0n) is 10.3. The number of aldehydes is 1. The minimum Gasteiger partial charge on any atom is -0.395 e. The van der Waals surface area contributed by atoms with Gasteiger partial charge in [-0.05, 0) is 19.4 Å². The van der Waals surface area contributed by atoms with Crippen molar-refractivity contribution in [3.8, 4) is 0 Å². The first-order valence-electron chi connectivity index (χ1n) is 5.91. The molecule has 0 saturated carbocycles. The summed E-state index contributed by atoms with van der Waals surface area (Å²) in [5.74, 6) is 0. The average molecular weight is 215 g/mol. The Morgan fingerprint density at radius 3 is 2.33 bits per heavy atom. The fourth-order valence-electron chi connectivity index (χ4n) is 1.98. The number of carbonyl (C=O) groups excluding carboxylic acids is 1. The minimum absolute atomic E-state index is 0.168. The zero-order valence-corrected chi connectivity index (χ0v) is 10.3. The highest BCUT2D eigenvalue weighted by Gasteiger charge is 2.25. The monoisotopic (exact) mass is 215 g/mol. The van der Waals surface area contributed by atoms with Gasteiger partial charge in [-0.3, -0.25) is 0 Å². The van der Waals surface area contributed by atoms with E-state index in [0.29, 0.717) is 6.54 Å². The normalized spacial score (nSPS) is 15.3. The van der Waals surface area contributed by atoms with E-state index >= 15 is 0 Å². The van der Waals surface area contributed by atoms with Crippen LogP contribution in [-0.2, 0) is 4.79 Å². The molecule has 0 aromatic carbocycles. The van der Waals surface area contributed by atoms with Crippen LogP contribution in [0.5, 0.6) is 0 Å². The molecule has 0 spiro atoms. The predicted octanol–water partition coefficient (Wildman–Crippen LogP) is 1.70. The van der Waals surface area contributed by atoms with Crippen molar-refractivity contribution in [1.29, 1.82) is 0 Å². The third-order valence-corrected chi connectivity index (χ3v) is 2.65. The second kappa shape index (κ2) is 7.83. The molecule has 0 aliphatic carbocycles. The standard InChI is InChI=1S/C12H25NO2/c1-4-6-12(3,11-15)10-13(7-5-2)8-9-14/h11,14H,4-10H2,1-3H3. The van der Waals surface area contributed by atoms with Crippen LogP contribution >= 0.6 is 0 Å². The number of hydrogen-bond donors (Lipinski definition) is 1. The molecule has 3 heteroatoms. The summed E-state index contributed by atoms with van der Waals surface area (Å²) in [5, 5.41) is 8.93. The van der Waals surface area contributed by atoms with Gasteiger partial charge in [-0.2, -0.15) is 0 Å². The van der Waals surface area contributed by atoms with Gasteiger partial charge in [0.05, 0.1) is 6.61 Å². The van der Waals surface area contributed by atoms with E-state index in [2.05, 4.69) is 18.7 Å². The third kappa shape index (κ3) is 5.90. The van der Waals surface area contributed by atoms with E-state index in [9.17, 15) is 4.79 Å². The lowest BCUT2D eigenvalue weighted by Gasteiger charge is -2.30. The summed E-state index contributed by atoms with van der Waals surface area (Å²) in [6, 6.07) is 0. The van der Waals surface area contributed by atoms with Crippen LogP contribution in [0.4, 0.5) is 0 Å². The van der Waals surface area contributed by atoms with Crippen LogP contribution in [0, 0.1) is 5.41 Å². The van der Waals surface area contributed by atoms with E-state index in [4.69, 9.17) is 5.11 Å². The summed E-state index contributed by atoms with van der Waals surface area (Å²) in [6.07, 6.45) is 4.06.